The number of hydrogen-bond donors (Lipinski definition) is 1. The highest BCUT2D eigenvalue weighted by atomic mass is 16.6. The number of esters is 1. The molecular weight excluding hydrogens is 568 g/mol. The number of ether oxygens (including phenoxy) is 2. The molecule has 0 aliphatic heterocycles. The average molecular weight is 645 g/mol. The van der Waals surface area contributed by atoms with Gasteiger partial charge in [-0.25, -0.2) is 0 Å². The Morgan fingerprint density at radius 2 is 0.978 bits per heavy atom. The number of hydrogen-bond acceptors (Lipinski definition) is 4. The van der Waals surface area contributed by atoms with Gasteiger partial charge >= 0.3 is 5.97 Å². The Kier molecular flexibility index (Phi) is 38.1. The summed E-state index contributed by atoms with van der Waals surface area (Å²) in [4.78, 5) is 12.2. The molecule has 1 atom stereocenters. The summed E-state index contributed by atoms with van der Waals surface area (Å²) in [6.45, 7) is 5.22. The van der Waals surface area contributed by atoms with Crippen LogP contribution in [0.3, 0.4) is 0 Å². The van der Waals surface area contributed by atoms with Crippen LogP contribution in [0, 0.1) is 0 Å². The molecule has 0 saturated carbocycles. The predicted molar refractivity (Wildman–Crippen MR) is 200 cm³/mol. The molecule has 0 heterocycles. The van der Waals surface area contributed by atoms with Gasteiger partial charge in [0.15, 0.2) is 0 Å². The van der Waals surface area contributed by atoms with Crippen molar-refractivity contribution >= 4 is 5.97 Å². The lowest BCUT2D eigenvalue weighted by Crippen LogP contribution is -2.27. The van der Waals surface area contributed by atoms with E-state index in [4.69, 9.17) is 9.47 Å². The van der Waals surface area contributed by atoms with E-state index < -0.39 is 6.10 Å². The third kappa shape index (κ3) is 36.8. The minimum Gasteiger partial charge on any atom is -0.457 e. The van der Waals surface area contributed by atoms with Crippen molar-refractivity contribution in [2.45, 2.75) is 193 Å². The van der Waals surface area contributed by atoms with E-state index in [-0.39, 0.29) is 19.2 Å². The first-order valence-electron chi connectivity index (χ1n) is 19.7. The molecule has 1 N–H and O–H groups in total. The summed E-state index contributed by atoms with van der Waals surface area (Å²) in [7, 11) is 0. The highest BCUT2D eigenvalue weighted by molar-refractivity contribution is 5.69. The highest BCUT2D eigenvalue weighted by Gasteiger charge is 2.13. The monoisotopic (exact) mass is 645 g/mol. The van der Waals surface area contributed by atoms with E-state index in [1.54, 1.807) is 0 Å². The molecule has 46 heavy (non-hydrogen) atoms. The van der Waals surface area contributed by atoms with Gasteiger partial charge in [-0.2, -0.15) is 0 Å². The van der Waals surface area contributed by atoms with Crippen molar-refractivity contribution in [1.29, 1.82) is 0 Å². The second-order valence-corrected chi connectivity index (χ2v) is 13.0. The van der Waals surface area contributed by atoms with Gasteiger partial charge in [-0.1, -0.05) is 178 Å². The van der Waals surface area contributed by atoms with Crippen LogP contribution in [0.1, 0.15) is 187 Å². The Morgan fingerprint density at radius 3 is 1.48 bits per heavy atom. The maximum Gasteiger partial charge on any atom is 0.306 e. The number of carbonyl (C=O) groups is 1. The van der Waals surface area contributed by atoms with Gasteiger partial charge in [0, 0.05) is 13.0 Å². The molecule has 0 aromatic carbocycles. The quantitative estimate of drug-likeness (QED) is 0.0419. The van der Waals surface area contributed by atoms with Crippen molar-refractivity contribution in [2.75, 3.05) is 19.8 Å². The Morgan fingerprint density at radius 1 is 0.543 bits per heavy atom. The van der Waals surface area contributed by atoms with Gasteiger partial charge in [0.2, 0.25) is 0 Å². The molecule has 1 unspecified atom stereocenters. The molecule has 0 aromatic rings. The Labute approximate surface area is 286 Å². The van der Waals surface area contributed by atoms with E-state index in [1.807, 2.05) is 0 Å². The van der Waals surface area contributed by atoms with E-state index in [1.165, 1.54) is 122 Å². The largest absolute Gasteiger partial charge is 0.457 e. The second kappa shape index (κ2) is 39.5. The highest BCUT2D eigenvalue weighted by Crippen LogP contribution is 2.14. The fourth-order valence-electron chi connectivity index (χ4n) is 5.50. The van der Waals surface area contributed by atoms with Crippen LogP contribution >= 0.6 is 0 Å². The topological polar surface area (TPSA) is 55.8 Å². The maximum absolute atomic E-state index is 12.2. The third-order valence-corrected chi connectivity index (χ3v) is 8.42. The van der Waals surface area contributed by atoms with Crippen LogP contribution in [0.5, 0.6) is 0 Å². The van der Waals surface area contributed by atoms with Gasteiger partial charge in [0.1, 0.15) is 6.10 Å². The SMILES string of the molecule is CC/C=C\C/C=C\C/C=C\C/C=C\CCCCCCCCCOCC(CO)OC(=O)CCCCCCCCCCCCCCCC. The Bertz CT molecular complexity index is 723. The van der Waals surface area contributed by atoms with Gasteiger partial charge in [0.25, 0.3) is 0 Å². The summed E-state index contributed by atoms with van der Waals surface area (Å²) < 4.78 is 11.1. The van der Waals surface area contributed by atoms with Gasteiger partial charge in [0.05, 0.1) is 13.2 Å². The molecule has 0 radical (unpaired) electrons. The van der Waals surface area contributed by atoms with E-state index in [9.17, 15) is 9.90 Å². The molecular formula is C42H76O4. The fraction of sp³-hybridized carbons (Fsp3) is 0.786. The van der Waals surface area contributed by atoms with E-state index in [0.717, 1.165) is 44.9 Å². The standard InChI is InChI=1S/C42H76O4/c1-3-5-7-9-11-13-15-17-19-20-21-22-23-24-26-28-30-32-34-36-38-45-40-41(39-43)46-42(44)37-35-33-31-29-27-25-18-16-14-12-10-8-6-4-2/h5,7,11,13,17,19,21-22,41,43H,3-4,6,8-10,12,14-16,18,20,23-40H2,1-2H3/b7-5-,13-11-,19-17-,22-21-. The zero-order valence-electron chi connectivity index (χ0n) is 30.6. The van der Waals surface area contributed by atoms with Crippen LogP contribution in [0.25, 0.3) is 0 Å². The number of rotatable bonds is 36. The maximum atomic E-state index is 12.2. The number of unbranched alkanes of at least 4 members (excludes halogenated alkanes) is 20. The van der Waals surface area contributed by atoms with Gasteiger partial charge in [-0.15, -0.1) is 0 Å². The molecule has 268 valence electrons. The molecule has 4 heteroatoms. The van der Waals surface area contributed by atoms with Crippen LogP contribution in [0.15, 0.2) is 48.6 Å². The smallest absolute Gasteiger partial charge is 0.306 e. The summed E-state index contributed by atoms with van der Waals surface area (Å²) in [6, 6.07) is 0. The van der Waals surface area contributed by atoms with Crippen molar-refractivity contribution in [1.82, 2.24) is 0 Å². The first-order valence-corrected chi connectivity index (χ1v) is 19.7. The van der Waals surface area contributed by atoms with Crippen LogP contribution in [-0.4, -0.2) is 37.0 Å². The average Bonchev–Trinajstić information content (AvgIpc) is 3.06. The van der Waals surface area contributed by atoms with E-state index in [2.05, 4.69) is 62.5 Å². The molecule has 0 aliphatic carbocycles. The summed E-state index contributed by atoms with van der Waals surface area (Å²) in [5.74, 6) is -0.205. The first kappa shape index (κ1) is 44.4. The molecule has 0 rings (SSSR count). The molecule has 0 amide bonds. The first-order chi connectivity index (χ1) is 22.7. The van der Waals surface area contributed by atoms with Crippen LogP contribution < -0.4 is 0 Å². The Hall–Kier alpha value is -1.65. The summed E-state index contributed by atoms with van der Waals surface area (Å²) >= 11 is 0. The minimum atomic E-state index is -0.538. The van der Waals surface area contributed by atoms with Crippen LogP contribution in [0.4, 0.5) is 0 Å². The number of aliphatic hydroxyl groups is 1. The molecule has 0 aliphatic rings. The lowest BCUT2D eigenvalue weighted by atomic mass is 10.0. The van der Waals surface area contributed by atoms with Gasteiger partial charge in [-0.05, 0) is 51.4 Å². The van der Waals surface area contributed by atoms with Crippen molar-refractivity contribution in [3.05, 3.63) is 48.6 Å². The lowest BCUT2D eigenvalue weighted by Gasteiger charge is -2.16. The molecule has 0 aromatic heterocycles. The van der Waals surface area contributed by atoms with Gasteiger partial charge in [-0.3, -0.25) is 4.79 Å². The van der Waals surface area contributed by atoms with Crippen molar-refractivity contribution < 1.29 is 19.4 Å². The van der Waals surface area contributed by atoms with Crippen molar-refractivity contribution in [2.24, 2.45) is 0 Å². The Balaban J connectivity index is 3.46. The minimum absolute atomic E-state index is 0.175. The van der Waals surface area contributed by atoms with Crippen molar-refractivity contribution in [3.8, 4) is 0 Å². The molecule has 4 nitrogen and oxygen atoms in total. The van der Waals surface area contributed by atoms with Crippen LogP contribution in [-0.2, 0) is 14.3 Å². The van der Waals surface area contributed by atoms with Crippen LogP contribution in [0.2, 0.25) is 0 Å². The lowest BCUT2D eigenvalue weighted by molar-refractivity contribution is -0.154. The fourth-order valence-corrected chi connectivity index (χ4v) is 5.50. The number of allylic oxidation sites excluding steroid dienone is 8. The molecule has 0 spiro atoms. The van der Waals surface area contributed by atoms with Gasteiger partial charge < -0.3 is 14.6 Å². The molecule has 0 saturated heterocycles. The molecule has 0 fully saturated rings. The third-order valence-electron chi connectivity index (χ3n) is 8.42. The zero-order valence-corrected chi connectivity index (χ0v) is 30.6. The number of carbonyl (C=O) groups excluding carboxylic acids is 1. The van der Waals surface area contributed by atoms with E-state index >= 15 is 0 Å². The van der Waals surface area contributed by atoms with E-state index in [0.29, 0.717) is 13.0 Å². The summed E-state index contributed by atoms with van der Waals surface area (Å²) in [5, 5.41) is 9.57. The normalized spacial score (nSPS) is 12.8. The van der Waals surface area contributed by atoms with Crippen molar-refractivity contribution in [3.63, 3.8) is 0 Å². The second-order valence-electron chi connectivity index (χ2n) is 13.0. The summed E-state index contributed by atoms with van der Waals surface area (Å²) in [5.41, 5.74) is 0. The number of aliphatic hydroxyl groups excluding tert-OH is 1. The molecule has 0 bridgehead atoms. The predicted octanol–water partition coefficient (Wildman–Crippen LogP) is 12.7. The zero-order chi connectivity index (χ0) is 33.4. The summed E-state index contributed by atoms with van der Waals surface area (Å²) in [6.07, 6.45) is 50.1.